The van der Waals surface area contributed by atoms with Crippen LogP contribution in [0.1, 0.15) is 45.9 Å². The molecule has 0 saturated carbocycles. The van der Waals surface area contributed by atoms with Gasteiger partial charge in [-0.05, 0) is 24.9 Å². The number of anilines is 2. The van der Waals surface area contributed by atoms with E-state index in [9.17, 15) is 0 Å². The molecule has 0 aliphatic heterocycles. The van der Waals surface area contributed by atoms with Crippen molar-refractivity contribution in [2.45, 2.75) is 46.1 Å². The lowest BCUT2D eigenvalue weighted by Gasteiger charge is -2.16. The first-order chi connectivity index (χ1) is 9.06. The molecule has 0 radical (unpaired) electrons. The minimum absolute atomic E-state index is 0.333. The van der Waals surface area contributed by atoms with E-state index in [0.717, 1.165) is 23.9 Å². The molecular weight excluding hydrogens is 256 g/mol. The van der Waals surface area contributed by atoms with Crippen molar-refractivity contribution in [3.8, 4) is 0 Å². The normalized spacial score (nSPS) is 12.5. The minimum atomic E-state index is 0.333. The maximum absolute atomic E-state index is 4.58. The van der Waals surface area contributed by atoms with Crippen LogP contribution in [0.3, 0.4) is 0 Å². The molecule has 0 amide bonds. The van der Waals surface area contributed by atoms with E-state index in [4.69, 9.17) is 0 Å². The monoisotopic (exact) mass is 282 g/mol. The molecule has 2 N–H and O–H groups in total. The van der Waals surface area contributed by atoms with Crippen LogP contribution < -0.4 is 10.6 Å². The molecule has 108 valence electrons. The highest BCUT2D eigenvalue weighted by Gasteiger charge is 2.09. The average Bonchev–Trinajstić information content (AvgIpc) is 2.38. The molecule has 4 nitrogen and oxygen atoms in total. The third-order valence-electron chi connectivity index (χ3n) is 2.81. The molecule has 0 spiro atoms. The smallest absolute Gasteiger partial charge is 0.135 e. The summed E-state index contributed by atoms with van der Waals surface area (Å²) >= 11 is 1.98. The molecule has 1 unspecified atom stereocenters. The average molecular weight is 282 g/mol. The minimum Gasteiger partial charge on any atom is -0.373 e. The molecule has 0 saturated heterocycles. The molecule has 1 aromatic rings. The zero-order valence-electron chi connectivity index (χ0n) is 12.7. The van der Waals surface area contributed by atoms with Crippen LogP contribution in [0.15, 0.2) is 6.07 Å². The maximum Gasteiger partial charge on any atom is 0.135 e. The van der Waals surface area contributed by atoms with Crippen molar-refractivity contribution in [3.63, 3.8) is 0 Å². The fourth-order valence-corrected chi connectivity index (χ4v) is 2.46. The summed E-state index contributed by atoms with van der Waals surface area (Å²) in [7, 11) is 1.89. The fourth-order valence-electron chi connectivity index (χ4n) is 1.66. The first-order valence-electron chi connectivity index (χ1n) is 6.97. The number of nitrogens with zero attached hydrogens (tertiary/aromatic N) is 2. The summed E-state index contributed by atoms with van der Waals surface area (Å²) in [4.78, 5) is 9.05. The highest BCUT2D eigenvalue weighted by Crippen LogP contribution is 2.18. The molecule has 1 rings (SSSR count). The van der Waals surface area contributed by atoms with Crippen LogP contribution in [0.25, 0.3) is 0 Å². The van der Waals surface area contributed by atoms with Crippen LogP contribution in [-0.2, 0) is 0 Å². The van der Waals surface area contributed by atoms with E-state index in [1.54, 1.807) is 0 Å². The molecule has 1 heterocycles. The van der Waals surface area contributed by atoms with Gasteiger partial charge >= 0.3 is 0 Å². The van der Waals surface area contributed by atoms with Gasteiger partial charge in [-0.25, -0.2) is 9.97 Å². The second-order valence-electron chi connectivity index (χ2n) is 4.93. The predicted octanol–water partition coefficient (Wildman–Crippen LogP) is 3.59. The molecular formula is C14H26N4S. The zero-order valence-corrected chi connectivity index (χ0v) is 13.5. The molecule has 1 atom stereocenters. The first kappa shape index (κ1) is 16.1. The van der Waals surface area contributed by atoms with Gasteiger partial charge in [0.25, 0.3) is 0 Å². The third kappa shape index (κ3) is 5.68. The van der Waals surface area contributed by atoms with Crippen LogP contribution in [-0.4, -0.2) is 34.6 Å². The molecule has 1 aromatic heterocycles. The Morgan fingerprint density at radius 2 is 1.89 bits per heavy atom. The van der Waals surface area contributed by atoms with Crippen molar-refractivity contribution < 1.29 is 0 Å². The highest BCUT2D eigenvalue weighted by atomic mass is 32.2. The second-order valence-corrected chi connectivity index (χ2v) is 6.33. The molecule has 0 bridgehead atoms. The summed E-state index contributed by atoms with van der Waals surface area (Å²) in [5, 5.41) is 6.56. The lowest BCUT2D eigenvalue weighted by atomic mass is 10.2. The standard InChI is InChI=1S/C14H26N4S/c1-6-19-8-7-11(4)16-13-9-12(15-5)17-14(18-13)10(2)3/h9-11H,6-8H2,1-5H3,(H2,15,16,17,18). The Labute approximate surface area is 121 Å². The lowest BCUT2D eigenvalue weighted by Crippen LogP contribution is -2.18. The maximum atomic E-state index is 4.58. The van der Waals surface area contributed by atoms with Crippen molar-refractivity contribution in [1.82, 2.24) is 9.97 Å². The molecule has 19 heavy (non-hydrogen) atoms. The van der Waals surface area contributed by atoms with E-state index < -0.39 is 0 Å². The van der Waals surface area contributed by atoms with Crippen LogP contribution in [0.5, 0.6) is 0 Å². The van der Waals surface area contributed by atoms with E-state index in [2.05, 4.69) is 48.3 Å². The van der Waals surface area contributed by atoms with Gasteiger partial charge in [0.05, 0.1) is 0 Å². The Morgan fingerprint density at radius 1 is 1.21 bits per heavy atom. The van der Waals surface area contributed by atoms with Crippen LogP contribution >= 0.6 is 11.8 Å². The third-order valence-corrected chi connectivity index (χ3v) is 3.74. The van der Waals surface area contributed by atoms with Gasteiger partial charge in [0.2, 0.25) is 0 Å². The Balaban J connectivity index is 2.68. The van der Waals surface area contributed by atoms with Gasteiger partial charge in [-0.1, -0.05) is 20.8 Å². The zero-order chi connectivity index (χ0) is 14.3. The SMILES string of the molecule is CCSCCC(C)Nc1cc(NC)nc(C(C)C)n1. The number of aromatic nitrogens is 2. The Morgan fingerprint density at radius 3 is 2.47 bits per heavy atom. The number of hydrogen-bond donors (Lipinski definition) is 2. The second kappa shape index (κ2) is 8.25. The van der Waals surface area contributed by atoms with E-state index in [-0.39, 0.29) is 0 Å². The number of rotatable bonds is 8. The summed E-state index contributed by atoms with van der Waals surface area (Å²) in [5.41, 5.74) is 0. The van der Waals surface area contributed by atoms with Gasteiger partial charge in [-0.2, -0.15) is 11.8 Å². The summed E-state index contributed by atoms with van der Waals surface area (Å²) in [6.45, 7) is 8.62. The van der Waals surface area contributed by atoms with Gasteiger partial charge in [0.1, 0.15) is 17.5 Å². The first-order valence-corrected chi connectivity index (χ1v) is 8.13. The number of hydrogen-bond acceptors (Lipinski definition) is 5. The summed E-state index contributed by atoms with van der Waals surface area (Å²) in [6, 6.07) is 2.40. The van der Waals surface area contributed by atoms with Gasteiger partial charge < -0.3 is 10.6 Å². The van der Waals surface area contributed by atoms with E-state index in [0.29, 0.717) is 12.0 Å². The molecule has 0 aliphatic carbocycles. The Hall–Kier alpha value is -0.970. The Bertz CT molecular complexity index is 382. The lowest BCUT2D eigenvalue weighted by molar-refractivity contribution is 0.746. The van der Waals surface area contributed by atoms with Crippen molar-refractivity contribution >= 4 is 23.4 Å². The summed E-state index contributed by atoms with van der Waals surface area (Å²) in [6.07, 6.45) is 1.15. The molecule has 0 aliphatic rings. The molecule has 0 fully saturated rings. The fraction of sp³-hybridized carbons (Fsp3) is 0.714. The van der Waals surface area contributed by atoms with E-state index in [1.165, 1.54) is 11.5 Å². The number of nitrogens with one attached hydrogen (secondary N) is 2. The van der Waals surface area contributed by atoms with Crippen LogP contribution in [0.2, 0.25) is 0 Å². The van der Waals surface area contributed by atoms with Gasteiger partial charge in [-0.3, -0.25) is 0 Å². The van der Waals surface area contributed by atoms with E-state index in [1.807, 2.05) is 24.9 Å². The van der Waals surface area contributed by atoms with Crippen LogP contribution in [0, 0.1) is 0 Å². The number of thioether (sulfide) groups is 1. The van der Waals surface area contributed by atoms with Crippen molar-refractivity contribution in [2.24, 2.45) is 0 Å². The van der Waals surface area contributed by atoms with Crippen LogP contribution in [0.4, 0.5) is 11.6 Å². The highest BCUT2D eigenvalue weighted by molar-refractivity contribution is 7.99. The van der Waals surface area contributed by atoms with Crippen molar-refractivity contribution in [3.05, 3.63) is 11.9 Å². The molecule has 0 aromatic carbocycles. The molecule has 5 heteroatoms. The predicted molar refractivity (Wildman–Crippen MR) is 86.4 cm³/mol. The van der Waals surface area contributed by atoms with Gasteiger partial charge in [0, 0.05) is 25.1 Å². The largest absolute Gasteiger partial charge is 0.373 e. The van der Waals surface area contributed by atoms with Crippen molar-refractivity contribution in [1.29, 1.82) is 0 Å². The van der Waals surface area contributed by atoms with Gasteiger partial charge in [0.15, 0.2) is 0 Å². The summed E-state index contributed by atoms with van der Waals surface area (Å²) < 4.78 is 0. The topological polar surface area (TPSA) is 49.8 Å². The quantitative estimate of drug-likeness (QED) is 0.714. The van der Waals surface area contributed by atoms with E-state index >= 15 is 0 Å². The Kier molecular flexibility index (Phi) is 6.99. The van der Waals surface area contributed by atoms with Crippen molar-refractivity contribution in [2.75, 3.05) is 29.2 Å². The van der Waals surface area contributed by atoms with Gasteiger partial charge in [-0.15, -0.1) is 0 Å². The summed E-state index contributed by atoms with van der Waals surface area (Å²) in [5.74, 6) is 5.37.